The van der Waals surface area contributed by atoms with Crippen LogP contribution in [0.1, 0.15) is 30.4 Å². The number of carbonyl (C=O) groups is 1. The van der Waals surface area contributed by atoms with Crippen LogP contribution in [0, 0.1) is 0 Å². The van der Waals surface area contributed by atoms with Gasteiger partial charge in [0.2, 0.25) is 11.8 Å². The number of ether oxygens (including phenoxy) is 2. The van der Waals surface area contributed by atoms with Crippen LogP contribution in [0.5, 0.6) is 11.8 Å². The summed E-state index contributed by atoms with van der Waals surface area (Å²) in [5, 5.41) is 13.0. The Morgan fingerprint density at radius 1 is 1.39 bits per heavy atom. The summed E-state index contributed by atoms with van der Waals surface area (Å²) in [5.74, 6) is 1.02. The van der Waals surface area contributed by atoms with Gasteiger partial charge in [0.05, 0.1) is 25.6 Å². The molecule has 0 fully saturated rings. The highest BCUT2D eigenvalue weighted by Crippen LogP contribution is 2.45. The second-order valence-electron chi connectivity index (χ2n) is 8.08. The number of pyridine rings is 1. The number of amides is 2. The lowest BCUT2D eigenvalue weighted by atomic mass is 9.76. The summed E-state index contributed by atoms with van der Waals surface area (Å²) in [4.78, 5) is 17.2. The van der Waals surface area contributed by atoms with Crippen LogP contribution in [0.25, 0.3) is 11.1 Å². The van der Waals surface area contributed by atoms with E-state index in [1.54, 1.807) is 24.1 Å². The third kappa shape index (κ3) is 3.83. The largest absolute Gasteiger partial charge is 0.481 e. The first-order valence-corrected chi connectivity index (χ1v) is 12.2. The maximum atomic E-state index is 13.2. The predicted molar refractivity (Wildman–Crippen MR) is 123 cm³/mol. The van der Waals surface area contributed by atoms with Crippen molar-refractivity contribution < 1.29 is 18.5 Å². The van der Waals surface area contributed by atoms with Crippen molar-refractivity contribution in [1.82, 2.24) is 14.8 Å². The first-order valence-electron chi connectivity index (χ1n) is 10.6. The molecule has 10 nitrogen and oxygen atoms in total. The van der Waals surface area contributed by atoms with Gasteiger partial charge in [0.25, 0.3) is 0 Å². The van der Waals surface area contributed by atoms with Crippen LogP contribution in [-0.2, 0) is 22.9 Å². The molecule has 0 spiro atoms. The van der Waals surface area contributed by atoms with E-state index in [2.05, 4.69) is 26.7 Å². The Kier molecular flexibility index (Phi) is 5.29. The van der Waals surface area contributed by atoms with Crippen molar-refractivity contribution >= 4 is 21.6 Å². The quantitative estimate of drug-likeness (QED) is 0.603. The van der Waals surface area contributed by atoms with Crippen molar-refractivity contribution in [3.05, 3.63) is 47.8 Å². The van der Waals surface area contributed by atoms with Gasteiger partial charge in [-0.3, -0.25) is 0 Å². The van der Waals surface area contributed by atoms with Gasteiger partial charge in [-0.2, -0.15) is 5.10 Å². The topological polar surface area (TPSA) is 134 Å². The van der Waals surface area contributed by atoms with Crippen molar-refractivity contribution in [3.8, 4) is 22.9 Å². The molecular weight excluding hydrogens is 444 g/mol. The lowest BCUT2D eigenvalue weighted by molar-refractivity contribution is 0.224. The van der Waals surface area contributed by atoms with Crippen LogP contribution in [0.3, 0.4) is 0 Å². The lowest BCUT2D eigenvalue weighted by Crippen LogP contribution is -2.23. The lowest BCUT2D eigenvalue weighted by Gasteiger charge is -2.31. The van der Waals surface area contributed by atoms with E-state index in [-0.39, 0.29) is 10.8 Å². The van der Waals surface area contributed by atoms with Gasteiger partial charge in [-0.25, -0.2) is 23.8 Å². The van der Waals surface area contributed by atoms with Crippen LogP contribution in [-0.4, -0.2) is 38.7 Å². The van der Waals surface area contributed by atoms with E-state index in [1.165, 1.54) is 6.20 Å². The number of carbonyl (C=O) groups excluding carboxylic acids is 1. The third-order valence-corrected chi connectivity index (χ3v) is 7.24. The molecule has 0 saturated heterocycles. The molecule has 11 heteroatoms. The van der Waals surface area contributed by atoms with Gasteiger partial charge in [0.1, 0.15) is 4.90 Å². The van der Waals surface area contributed by atoms with Crippen molar-refractivity contribution in [3.63, 3.8) is 0 Å². The fraction of sp³-hybridized carbons (Fsp3) is 0.318. The third-order valence-electron chi connectivity index (χ3n) is 5.89. The highest BCUT2D eigenvalue weighted by molar-refractivity contribution is 7.91. The molecule has 172 valence electrons. The maximum absolute atomic E-state index is 13.2. The maximum Gasteiger partial charge on any atom is 0.354 e. The monoisotopic (exact) mass is 468 g/mol. The molecule has 2 aliphatic rings. The Hall–Kier alpha value is -3.44. The molecule has 0 saturated carbocycles. The molecule has 0 bridgehead atoms. The molecule has 0 radical (unpaired) electrons. The molecule has 3 heterocycles. The van der Waals surface area contributed by atoms with E-state index in [9.17, 15) is 9.00 Å². The van der Waals surface area contributed by atoms with Crippen LogP contribution in [0.4, 0.5) is 10.5 Å². The van der Waals surface area contributed by atoms with Gasteiger partial charge in [0, 0.05) is 30.8 Å². The highest BCUT2D eigenvalue weighted by Gasteiger charge is 2.29. The van der Waals surface area contributed by atoms with E-state index >= 15 is 0 Å². The molecule has 1 aromatic carbocycles. The number of aromatic nitrogens is 3. The number of hydrogen-bond donors (Lipinski definition) is 2. The molecule has 33 heavy (non-hydrogen) atoms. The first-order chi connectivity index (χ1) is 15.9. The summed E-state index contributed by atoms with van der Waals surface area (Å²) < 4.78 is 29.4. The normalized spacial score (nSPS) is 18.1. The van der Waals surface area contributed by atoms with Crippen molar-refractivity contribution in [2.24, 2.45) is 9.50 Å². The Balaban J connectivity index is 1.53. The molecule has 2 aromatic heterocycles. The Bertz CT molecular complexity index is 1380. The molecule has 2 atom stereocenters. The van der Waals surface area contributed by atoms with Crippen LogP contribution >= 0.6 is 0 Å². The molecule has 1 aliphatic heterocycles. The Morgan fingerprint density at radius 2 is 2.24 bits per heavy atom. The van der Waals surface area contributed by atoms with Crippen LogP contribution in [0.2, 0.25) is 0 Å². The molecule has 3 aromatic rings. The summed E-state index contributed by atoms with van der Waals surface area (Å²) in [5.41, 5.74) is 4.42. The minimum absolute atomic E-state index is 0.117. The SMILES string of the molecule is COc1cc(-c2ccc3c(c2NC(=O)N=S(N)(=O)c2cnn4c2OCCC4)[C@H](C)C3)ccn1. The minimum atomic E-state index is -3.56. The number of anilines is 1. The smallest absolute Gasteiger partial charge is 0.354 e. The number of nitrogens with zero attached hydrogens (tertiary/aromatic N) is 4. The molecule has 5 rings (SSSR count). The number of nitrogens with two attached hydrogens (primary N) is 1. The standard InChI is InChI=1S/C22H24N6O4S/c1-13-10-15-4-5-16(14-6-7-24-18(11-14)31-2)20(19(13)15)26-22(29)27-33(23,30)17-12-25-28-8-3-9-32-21(17)28/h4-7,11-13H,3,8-10H2,1-2H3,(H3,23,26,27,29,30)/t13-,33?/m1/s1. The molecule has 3 N–H and O–H groups in total. The zero-order chi connectivity index (χ0) is 23.2. The molecule has 1 unspecified atom stereocenters. The number of aryl methyl sites for hydroxylation is 1. The summed E-state index contributed by atoms with van der Waals surface area (Å²) >= 11 is 0. The van der Waals surface area contributed by atoms with E-state index in [0.29, 0.717) is 30.6 Å². The average Bonchev–Trinajstić information content (AvgIpc) is 3.23. The van der Waals surface area contributed by atoms with E-state index in [0.717, 1.165) is 35.1 Å². The van der Waals surface area contributed by atoms with Crippen molar-refractivity contribution in [2.75, 3.05) is 19.0 Å². The van der Waals surface area contributed by atoms with Gasteiger partial charge < -0.3 is 14.8 Å². The number of hydrogen-bond acceptors (Lipinski definition) is 6. The van der Waals surface area contributed by atoms with Crippen LogP contribution in [0.15, 0.2) is 45.9 Å². The first kappa shape index (κ1) is 21.4. The summed E-state index contributed by atoms with van der Waals surface area (Å²) in [6.45, 7) is 3.19. The summed E-state index contributed by atoms with van der Waals surface area (Å²) in [6.07, 6.45) is 4.70. The number of nitrogens with one attached hydrogen (secondary N) is 1. The molecular formula is C22H24N6O4S. The fourth-order valence-corrected chi connectivity index (χ4v) is 5.32. The van der Waals surface area contributed by atoms with Gasteiger partial charge in [-0.15, -0.1) is 4.36 Å². The van der Waals surface area contributed by atoms with Gasteiger partial charge in [0.15, 0.2) is 9.92 Å². The van der Waals surface area contributed by atoms with Crippen LogP contribution < -0.4 is 19.9 Å². The van der Waals surface area contributed by atoms with E-state index in [4.69, 9.17) is 14.6 Å². The number of urea groups is 1. The number of methoxy groups -OCH3 is 1. The summed E-state index contributed by atoms with van der Waals surface area (Å²) in [6, 6.07) is 6.82. The average molecular weight is 469 g/mol. The Morgan fingerprint density at radius 3 is 3.03 bits per heavy atom. The van der Waals surface area contributed by atoms with E-state index in [1.807, 2.05) is 18.2 Å². The highest BCUT2D eigenvalue weighted by atomic mass is 32.2. The second kappa shape index (κ2) is 8.16. The number of benzene rings is 1. The van der Waals surface area contributed by atoms with Crippen molar-refractivity contribution in [1.29, 1.82) is 0 Å². The van der Waals surface area contributed by atoms with E-state index < -0.39 is 15.9 Å². The summed E-state index contributed by atoms with van der Waals surface area (Å²) in [7, 11) is -2.01. The zero-order valence-corrected chi connectivity index (χ0v) is 19.1. The van der Waals surface area contributed by atoms with Gasteiger partial charge in [-0.05, 0) is 35.1 Å². The number of rotatable bonds is 4. The van der Waals surface area contributed by atoms with Gasteiger partial charge >= 0.3 is 6.03 Å². The molecule has 2 amide bonds. The zero-order valence-electron chi connectivity index (χ0n) is 18.3. The minimum Gasteiger partial charge on any atom is -0.481 e. The van der Waals surface area contributed by atoms with Crippen molar-refractivity contribution in [2.45, 2.75) is 37.1 Å². The second-order valence-corrected chi connectivity index (χ2v) is 9.84. The Labute approximate surface area is 191 Å². The molecule has 1 aliphatic carbocycles. The number of fused-ring (bicyclic) bond motifs is 2. The predicted octanol–water partition coefficient (Wildman–Crippen LogP) is 3.33. The van der Waals surface area contributed by atoms with Gasteiger partial charge in [-0.1, -0.05) is 19.1 Å². The fourth-order valence-electron chi connectivity index (χ4n) is 4.32.